The standard InChI is InChI=1S/C24H25NO6S/c1-16(19-11-7-9-18-8-5-6-10-20(18)19)25-32(27,28)22-15-17(12-13-23(26)30-3)14-21(29-2)24(22)31-4/h5-16,25H,1-4H3/b13-12+. The molecule has 1 unspecified atom stereocenters. The van der Waals surface area contributed by atoms with Crippen molar-refractivity contribution >= 4 is 32.8 Å². The van der Waals surface area contributed by atoms with Gasteiger partial charge in [0.05, 0.1) is 21.3 Å². The predicted octanol–water partition coefficient (Wildman–Crippen LogP) is 4.08. The molecule has 0 bridgehead atoms. The van der Waals surface area contributed by atoms with Crippen molar-refractivity contribution in [1.82, 2.24) is 4.72 Å². The van der Waals surface area contributed by atoms with Crippen molar-refractivity contribution < 1.29 is 27.4 Å². The molecule has 1 atom stereocenters. The van der Waals surface area contributed by atoms with Crippen LogP contribution in [0.4, 0.5) is 0 Å². The van der Waals surface area contributed by atoms with Gasteiger partial charge in [0.25, 0.3) is 0 Å². The van der Waals surface area contributed by atoms with Gasteiger partial charge in [0, 0.05) is 12.1 Å². The minimum absolute atomic E-state index is 0.0698. The minimum Gasteiger partial charge on any atom is -0.493 e. The zero-order chi connectivity index (χ0) is 23.3. The Morgan fingerprint density at radius 3 is 2.41 bits per heavy atom. The summed E-state index contributed by atoms with van der Waals surface area (Å²) in [6, 6.07) is 16.0. The first-order valence-electron chi connectivity index (χ1n) is 9.82. The summed E-state index contributed by atoms with van der Waals surface area (Å²) in [6.07, 6.45) is 2.64. The third-order valence-corrected chi connectivity index (χ3v) is 6.54. The number of hydrogen-bond donors (Lipinski definition) is 1. The van der Waals surface area contributed by atoms with Crippen molar-refractivity contribution in [3.8, 4) is 11.5 Å². The molecule has 1 N–H and O–H groups in total. The van der Waals surface area contributed by atoms with Gasteiger partial charge in [0.1, 0.15) is 4.90 Å². The van der Waals surface area contributed by atoms with Gasteiger partial charge in [-0.25, -0.2) is 17.9 Å². The smallest absolute Gasteiger partial charge is 0.330 e. The van der Waals surface area contributed by atoms with Crippen LogP contribution >= 0.6 is 0 Å². The molecular weight excluding hydrogens is 430 g/mol. The van der Waals surface area contributed by atoms with E-state index in [0.717, 1.165) is 16.3 Å². The average Bonchev–Trinajstić information content (AvgIpc) is 2.80. The first-order valence-corrected chi connectivity index (χ1v) is 11.3. The van der Waals surface area contributed by atoms with Crippen molar-refractivity contribution in [2.45, 2.75) is 17.9 Å². The fraction of sp³-hybridized carbons (Fsp3) is 0.208. The first-order chi connectivity index (χ1) is 15.3. The highest BCUT2D eigenvalue weighted by Gasteiger charge is 2.26. The number of esters is 1. The minimum atomic E-state index is -4.02. The number of nitrogens with one attached hydrogen (secondary N) is 1. The van der Waals surface area contributed by atoms with Crippen LogP contribution in [0.15, 0.2) is 65.6 Å². The molecule has 168 valence electrons. The molecule has 3 rings (SSSR count). The summed E-state index contributed by atoms with van der Waals surface area (Å²) in [7, 11) is 0.0173. The second-order valence-corrected chi connectivity index (χ2v) is 8.70. The molecule has 0 radical (unpaired) electrons. The predicted molar refractivity (Wildman–Crippen MR) is 123 cm³/mol. The molecule has 32 heavy (non-hydrogen) atoms. The number of carbonyl (C=O) groups excluding carboxylic acids is 1. The lowest BCUT2D eigenvalue weighted by atomic mass is 10.0. The highest BCUT2D eigenvalue weighted by Crippen LogP contribution is 2.37. The molecule has 3 aromatic rings. The van der Waals surface area contributed by atoms with Crippen LogP contribution in [-0.4, -0.2) is 35.7 Å². The normalized spacial score (nSPS) is 12.6. The van der Waals surface area contributed by atoms with E-state index in [-0.39, 0.29) is 16.4 Å². The molecule has 0 aliphatic carbocycles. The Morgan fingerprint density at radius 1 is 1.00 bits per heavy atom. The van der Waals surface area contributed by atoms with Gasteiger partial charge in [-0.3, -0.25) is 0 Å². The third-order valence-electron chi connectivity index (χ3n) is 4.99. The molecule has 0 fully saturated rings. The lowest BCUT2D eigenvalue weighted by Gasteiger charge is -2.19. The van der Waals surface area contributed by atoms with Crippen LogP contribution in [0.25, 0.3) is 16.8 Å². The van der Waals surface area contributed by atoms with Gasteiger partial charge in [-0.05, 0) is 47.0 Å². The van der Waals surface area contributed by atoms with Gasteiger partial charge < -0.3 is 14.2 Å². The quantitative estimate of drug-likeness (QED) is 0.407. The Morgan fingerprint density at radius 2 is 1.72 bits per heavy atom. The SMILES string of the molecule is COC(=O)/C=C/c1cc(OC)c(OC)c(S(=O)(=O)NC(C)c2cccc3ccccc23)c1. The maximum atomic E-state index is 13.4. The molecule has 0 aliphatic heterocycles. The van der Waals surface area contributed by atoms with Crippen LogP contribution in [0, 0.1) is 0 Å². The molecule has 3 aromatic carbocycles. The van der Waals surface area contributed by atoms with Crippen LogP contribution in [0.1, 0.15) is 24.1 Å². The number of fused-ring (bicyclic) bond motifs is 1. The monoisotopic (exact) mass is 455 g/mol. The largest absolute Gasteiger partial charge is 0.493 e. The maximum absolute atomic E-state index is 13.4. The zero-order valence-corrected chi connectivity index (χ0v) is 19.1. The number of rotatable bonds is 8. The summed E-state index contributed by atoms with van der Waals surface area (Å²) in [5.41, 5.74) is 1.28. The van der Waals surface area contributed by atoms with Gasteiger partial charge in [0.15, 0.2) is 11.5 Å². The summed E-state index contributed by atoms with van der Waals surface area (Å²) < 4.78 is 44.8. The molecule has 0 spiro atoms. The summed E-state index contributed by atoms with van der Waals surface area (Å²) in [6.45, 7) is 1.78. The van der Waals surface area contributed by atoms with Gasteiger partial charge in [-0.15, -0.1) is 0 Å². The zero-order valence-electron chi connectivity index (χ0n) is 18.3. The van der Waals surface area contributed by atoms with E-state index in [1.807, 2.05) is 42.5 Å². The van der Waals surface area contributed by atoms with E-state index >= 15 is 0 Å². The van der Waals surface area contributed by atoms with Crippen molar-refractivity contribution in [3.05, 3.63) is 71.8 Å². The van der Waals surface area contributed by atoms with E-state index in [1.54, 1.807) is 13.0 Å². The number of hydrogen-bond acceptors (Lipinski definition) is 6. The molecule has 0 saturated heterocycles. The Kier molecular flexibility index (Phi) is 7.17. The van der Waals surface area contributed by atoms with Gasteiger partial charge in [-0.2, -0.15) is 0 Å². The lowest BCUT2D eigenvalue weighted by Crippen LogP contribution is -2.27. The molecule has 7 nitrogen and oxygen atoms in total. The van der Waals surface area contributed by atoms with Crippen molar-refractivity contribution in [2.24, 2.45) is 0 Å². The fourth-order valence-corrected chi connectivity index (χ4v) is 4.90. The van der Waals surface area contributed by atoms with E-state index in [2.05, 4.69) is 9.46 Å². The fourth-order valence-electron chi connectivity index (χ4n) is 3.47. The van der Waals surface area contributed by atoms with E-state index in [4.69, 9.17) is 9.47 Å². The summed E-state index contributed by atoms with van der Waals surface area (Å²) in [5.74, 6) is -0.273. The van der Waals surface area contributed by atoms with Crippen molar-refractivity contribution in [3.63, 3.8) is 0 Å². The molecular formula is C24H25NO6S. The van der Waals surface area contributed by atoms with E-state index in [9.17, 15) is 13.2 Å². The number of methoxy groups -OCH3 is 3. The first kappa shape index (κ1) is 23.3. The number of benzene rings is 3. The Bertz CT molecular complexity index is 1260. The van der Waals surface area contributed by atoms with Gasteiger partial charge >= 0.3 is 5.97 Å². The molecule has 8 heteroatoms. The van der Waals surface area contributed by atoms with Crippen molar-refractivity contribution in [2.75, 3.05) is 21.3 Å². The Balaban J connectivity index is 2.04. The van der Waals surface area contributed by atoms with E-state index < -0.39 is 22.0 Å². The summed E-state index contributed by atoms with van der Waals surface area (Å²) in [5, 5.41) is 1.98. The molecule has 0 heterocycles. The van der Waals surface area contributed by atoms with Gasteiger partial charge in [-0.1, -0.05) is 42.5 Å². The van der Waals surface area contributed by atoms with Crippen LogP contribution in [0.5, 0.6) is 11.5 Å². The maximum Gasteiger partial charge on any atom is 0.330 e. The lowest BCUT2D eigenvalue weighted by molar-refractivity contribution is -0.134. The van der Waals surface area contributed by atoms with E-state index in [1.165, 1.54) is 39.5 Å². The summed E-state index contributed by atoms with van der Waals surface area (Å²) >= 11 is 0. The number of carbonyl (C=O) groups is 1. The van der Waals surface area contributed by atoms with Crippen LogP contribution in [0.2, 0.25) is 0 Å². The third kappa shape index (κ3) is 4.92. The second-order valence-electron chi connectivity index (χ2n) is 7.02. The number of ether oxygens (including phenoxy) is 3. The van der Waals surface area contributed by atoms with Crippen LogP contribution < -0.4 is 14.2 Å². The topological polar surface area (TPSA) is 90.9 Å². The molecule has 0 amide bonds. The summed E-state index contributed by atoms with van der Waals surface area (Å²) in [4.78, 5) is 11.4. The van der Waals surface area contributed by atoms with E-state index in [0.29, 0.717) is 5.56 Å². The molecule has 0 aromatic heterocycles. The molecule has 0 saturated carbocycles. The Labute approximate surface area is 187 Å². The van der Waals surface area contributed by atoms with Gasteiger partial charge in [0.2, 0.25) is 10.0 Å². The average molecular weight is 456 g/mol. The highest BCUT2D eigenvalue weighted by molar-refractivity contribution is 7.89. The Hall–Kier alpha value is -3.36. The molecule has 0 aliphatic rings. The van der Waals surface area contributed by atoms with Crippen molar-refractivity contribution in [1.29, 1.82) is 0 Å². The number of sulfonamides is 1. The van der Waals surface area contributed by atoms with Crippen LogP contribution in [0.3, 0.4) is 0 Å². The van der Waals surface area contributed by atoms with Crippen LogP contribution in [-0.2, 0) is 19.6 Å². The second kappa shape index (κ2) is 9.84. The highest BCUT2D eigenvalue weighted by atomic mass is 32.2.